The molecule has 1 saturated heterocycles. The smallest absolute Gasteiger partial charge is 0.337 e. The second-order valence-corrected chi connectivity index (χ2v) is 8.01. The van der Waals surface area contributed by atoms with Gasteiger partial charge in [-0.25, -0.2) is 4.79 Å². The number of nitrogens with zero attached hydrogens (tertiary/aromatic N) is 1. The Hall–Kier alpha value is -2.81. The van der Waals surface area contributed by atoms with Crippen molar-refractivity contribution in [3.63, 3.8) is 0 Å². The zero-order valence-electron chi connectivity index (χ0n) is 19.2. The van der Waals surface area contributed by atoms with Gasteiger partial charge in [-0.3, -0.25) is 4.79 Å². The molecule has 8 nitrogen and oxygen atoms in total. The van der Waals surface area contributed by atoms with E-state index in [4.69, 9.17) is 35.3 Å². The lowest BCUT2D eigenvalue weighted by Crippen LogP contribution is -2.31. The minimum absolute atomic E-state index is 0.00573. The summed E-state index contributed by atoms with van der Waals surface area (Å²) >= 11 is 6.38. The highest BCUT2D eigenvalue weighted by atomic mass is 35.5. The van der Waals surface area contributed by atoms with Crippen molar-refractivity contribution in [2.45, 2.75) is 25.8 Å². The van der Waals surface area contributed by atoms with Crippen molar-refractivity contribution < 1.29 is 33.3 Å². The van der Waals surface area contributed by atoms with E-state index in [1.807, 2.05) is 13.0 Å². The van der Waals surface area contributed by atoms with Crippen molar-refractivity contribution in [3.05, 3.63) is 57.6 Å². The van der Waals surface area contributed by atoms with Gasteiger partial charge in [0.05, 0.1) is 29.3 Å². The summed E-state index contributed by atoms with van der Waals surface area (Å²) in [5, 5.41) is 0.273. The van der Waals surface area contributed by atoms with E-state index in [0.717, 1.165) is 24.0 Å². The van der Waals surface area contributed by atoms with E-state index in [1.165, 1.54) is 21.3 Å². The number of aryl methyl sites for hydroxylation is 1. The van der Waals surface area contributed by atoms with Gasteiger partial charge in [-0.15, -0.1) is 0 Å². The first-order chi connectivity index (χ1) is 15.9. The molecule has 1 amide bonds. The van der Waals surface area contributed by atoms with Gasteiger partial charge >= 0.3 is 5.97 Å². The van der Waals surface area contributed by atoms with Crippen molar-refractivity contribution in [2.24, 2.45) is 0 Å². The Bertz CT molecular complexity index is 1010. The number of rotatable bonds is 9. The van der Waals surface area contributed by atoms with Gasteiger partial charge < -0.3 is 28.6 Å². The van der Waals surface area contributed by atoms with Crippen LogP contribution in [0.4, 0.5) is 0 Å². The Morgan fingerprint density at radius 1 is 1.03 bits per heavy atom. The minimum Gasteiger partial charge on any atom is -0.467 e. The average Bonchev–Trinajstić information content (AvgIpc) is 3.30. The predicted molar refractivity (Wildman–Crippen MR) is 122 cm³/mol. The lowest BCUT2D eigenvalue weighted by Gasteiger charge is -2.27. The summed E-state index contributed by atoms with van der Waals surface area (Å²) in [6, 6.07) is 8.37. The molecule has 2 aromatic rings. The van der Waals surface area contributed by atoms with Crippen LogP contribution >= 0.6 is 11.6 Å². The van der Waals surface area contributed by atoms with Crippen molar-refractivity contribution >= 4 is 23.5 Å². The van der Waals surface area contributed by atoms with Crippen LogP contribution in [0.15, 0.2) is 30.3 Å². The van der Waals surface area contributed by atoms with Gasteiger partial charge in [-0.05, 0) is 49.1 Å². The number of carbonyl (C=O) groups is 2. The largest absolute Gasteiger partial charge is 0.467 e. The summed E-state index contributed by atoms with van der Waals surface area (Å²) in [5.74, 6) is 0.0451. The van der Waals surface area contributed by atoms with Crippen molar-refractivity contribution in [2.75, 3.05) is 41.5 Å². The third kappa shape index (κ3) is 5.58. The van der Waals surface area contributed by atoms with Gasteiger partial charge in [0, 0.05) is 26.8 Å². The number of benzene rings is 2. The summed E-state index contributed by atoms with van der Waals surface area (Å²) in [5.41, 5.74) is 2.69. The van der Waals surface area contributed by atoms with E-state index in [-0.39, 0.29) is 30.6 Å². The fraction of sp³-hybridized carbons (Fsp3) is 0.417. The fourth-order valence-electron chi connectivity index (χ4n) is 3.96. The number of amides is 1. The molecule has 0 spiro atoms. The topological polar surface area (TPSA) is 83.5 Å². The Labute approximate surface area is 198 Å². The number of hydrogen-bond acceptors (Lipinski definition) is 7. The van der Waals surface area contributed by atoms with E-state index in [9.17, 15) is 9.59 Å². The molecule has 0 bridgehead atoms. The molecule has 1 heterocycles. The molecule has 0 N–H and O–H groups in total. The van der Waals surface area contributed by atoms with Crippen LogP contribution in [0.1, 0.15) is 50.7 Å². The molecule has 2 aromatic carbocycles. The summed E-state index contributed by atoms with van der Waals surface area (Å²) in [4.78, 5) is 27.3. The molecule has 9 heteroatoms. The predicted octanol–water partition coefficient (Wildman–Crippen LogP) is 4.38. The Morgan fingerprint density at radius 2 is 1.73 bits per heavy atom. The van der Waals surface area contributed by atoms with Gasteiger partial charge in [-0.1, -0.05) is 17.7 Å². The quantitative estimate of drug-likeness (QED) is 0.391. The van der Waals surface area contributed by atoms with Crippen molar-refractivity contribution in [1.82, 2.24) is 4.90 Å². The van der Waals surface area contributed by atoms with Crippen molar-refractivity contribution in [1.29, 1.82) is 0 Å². The Kier molecular flexibility index (Phi) is 8.55. The number of hydrogen-bond donors (Lipinski definition) is 0. The molecule has 1 fully saturated rings. The maximum Gasteiger partial charge on any atom is 0.337 e. The molecule has 0 saturated carbocycles. The molecule has 33 heavy (non-hydrogen) atoms. The zero-order valence-corrected chi connectivity index (χ0v) is 19.9. The van der Waals surface area contributed by atoms with Gasteiger partial charge in [0.1, 0.15) is 11.5 Å². The molecule has 0 radical (unpaired) electrons. The molecule has 1 aliphatic rings. The standard InChI is InChI=1S/C24H28ClNO7/c1-15-10-16(24(28)31-4)7-8-17(15)20-6-5-9-26(20)23(27)18-11-19(25)22(33-14-30-3)12-21(18)32-13-29-2/h7-8,10-12,20H,5-6,9,13-14H2,1-4H3. The second-order valence-electron chi connectivity index (χ2n) is 7.60. The zero-order chi connectivity index (χ0) is 24.0. The van der Waals surface area contributed by atoms with Crippen LogP contribution in [-0.4, -0.2) is 58.2 Å². The van der Waals surface area contributed by atoms with Gasteiger partial charge in [0.15, 0.2) is 13.6 Å². The van der Waals surface area contributed by atoms with E-state index >= 15 is 0 Å². The third-order valence-corrected chi connectivity index (χ3v) is 5.79. The van der Waals surface area contributed by atoms with Gasteiger partial charge in [0.2, 0.25) is 0 Å². The minimum atomic E-state index is -0.394. The van der Waals surface area contributed by atoms with Crippen LogP contribution in [0.5, 0.6) is 11.5 Å². The normalized spacial score (nSPS) is 15.4. The number of carbonyl (C=O) groups excluding carboxylic acids is 2. The molecule has 1 aliphatic heterocycles. The van der Waals surface area contributed by atoms with E-state index < -0.39 is 5.97 Å². The summed E-state index contributed by atoms with van der Waals surface area (Å²) in [7, 11) is 4.35. The molecule has 1 atom stereocenters. The Balaban J connectivity index is 1.93. The molecular weight excluding hydrogens is 450 g/mol. The lowest BCUT2D eigenvalue weighted by molar-refractivity contribution is 0.0448. The van der Waals surface area contributed by atoms with Crippen molar-refractivity contribution in [3.8, 4) is 11.5 Å². The Morgan fingerprint density at radius 3 is 2.36 bits per heavy atom. The number of esters is 1. The summed E-state index contributed by atoms with van der Waals surface area (Å²) < 4.78 is 25.9. The lowest BCUT2D eigenvalue weighted by atomic mass is 9.96. The SMILES string of the molecule is COCOc1cc(OCOC)c(C(=O)N2CCCC2c2ccc(C(=O)OC)cc2C)cc1Cl. The third-order valence-electron chi connectivity index (χ3n) is 5.49. The van der Waals surface area contributed by atoms with Gasteiger partial charge in [-0.2, -0.15) is 0 Å². The first-order valence-corrected chi connectivity index (χ1v) is 10.9. The maximum atomic E-state index is 13.6. The average molecular weight is 478 g/mol. The fourth-order valence-corrected chi connectivity index (χ4v) is 4.18. The summed E-state index contributed by atoms with van der Waals surface area (Å²) in [6.45, 7) is 2.48. The number of methoxy groups -OCH3 is 3. The molecule has 178 valence electrons. The van der Waals surface area contributed by atoms with Crippen LogP contribution in [0.25, 0.3) is 0 Å². The number of halogens is 1. The van der Waals surface area contributed by atoms with Crippen LogP contribution in [0.3, 0.4) is 0 Å². The van der Waals surface area contributed by atoms with Crippen LogP contribution in [0.2, 0.25) is 5.02 Å². The van der Waals surface area contributed by atoms with E-state index in [1.54, 1.807) is 29.2 Å². The first-order valence-electron chi connectivity index (χ1n) is 10.5. The molecule has 1 unspecified atom stereocenters. The number of likely N-dealkylation sites (tertiary alicyclic amines) is 1. The molecular formula is C24H28ClNO7. The highest BCUT2D eigenvalue weighted by Crippen LogP contribution is 2.39. The van der Waals surface area contributed by atoms with Crippen LogP contribution in [-0.2, 0) is 14.2 Å². The maximum absolute atomic E-state index is 13.6. The van der Waals surface area contributed by atoms with Gasteiger partial charge in [0.25, 0.3) is 5.91 Å². The summed E-state index contributed by atoms with van der Waals surface area (Å²) in [6.07, 6.45) is 1.66. The molecule has 0 aliphatic carbocycles. The number of ether oxygens (including phenoxy) is 5. The highest BCUT2D eigenvalue weighted by Gasteiger charge is 2.33. The monoisotopic (exact) mass is 477 g/mol. The molecule has 3 rings (SSSR count). The second kappa shape index (κ2) is 11.4. The van der Waals surface area contributed by atoms with E-state index in [0.29, 0.717) is 29.2 Å². The highest BCUT2D eigenvalue weighted by molar-refractivity contribution is 6.32. The van der Waals surface area contributed by atoms with E-state index in [2.05, 4.69) is 0 Å². The van der Waals surface area contributed by atoms with Crippen LogP contribution < -0.4 is 9.47 Å². The van der Waals surface area contributed by atoms with Crippen LogP contribution in [0, 0.1) is 6.92 Å². The molecule has 0 aromatic heterocycles. The first kappa shape index (κ1) is 24.8.